The molecule has 1 N–H and O–H groups in total. The Hall–Kier alpha value is -3.91. The minimum atomic E-state index is -5.24. The van der Waals surface area contributed by atoms with E-state index in [1.165, 1.54) is 6.07 Å². The first kappa shape index (κ1) is 42.2. The fourth-order valence-electron chi connectivity index (χ4n) is 6.63. The van der Waals surface area contributed by atoms with Gasteiger partial charge < -0.3 is 18.8 Å². The largest absolute Gasteiger partial charge is 0.506 e. The number of ketones is 1. The summed E-state index contributed by atoms with van der Waals surface area (Å²) in [5, 5.41) is 14.8. The van der Waals surface area contributed by atoms with Crippen LogP contribution in [0.15, 0.2) is 163 Å². The fraction of sp³-hybridized carbons (Fsp3) is 0.116. The zero-order chi connectivity index (χ0) is 38.5. The normalized spacial score (nSPS) is 11.7. The molecule has 0 amide bonds. The quantitative estimate of drug-likeness (QED) is 0.0890. The molecule has 55 heavy (non-hydrogen) atoms. The van der Waals surface area contributed by atoms with Crippen molar-refractivity contribution in [1.29, 1.82) is 0 Å². The Morgan fingerprint density at radius 1 is 0.600 bits per heavy atom. The molecule has 1 radical (unpaired) electrons. The summed E-state index contributed by atoms with van der Waals surface area (Å²) in [6.45, 7) is 1.64. The van der Waals surface area contributed by atoms with Gasteiger partial charge in [-0.15, -0.1) is 0 Å². The van der Waals surface area contributed by atoms with Crippen molar-refractivity contribution >= 4 is 63.0 Å². The maximum absolute atomic E-state index is 14.4. The first-order chi connectivity index (χ1) is 25.9. The van der Waals surface area contributed by atoms with Gasteiger partial charge in [-0.3, -0.25) is 9.59 Å². The van der Waals surface area contributed by atoms with E-state index in [0.717, 1.165) is 31.2 Å². The zero-order valence-electron chi connectivity index (χ0n) is 29.6. The maximum Gasteiger partial charge on any atom is 0.455 e. The van der Waals surface area contributed by atoms with Crippen LogP contribution in [0.5, 0.6) is 5.75 Å². The summed E-state index contributed by atoms with van der Waals surface area (Å²) in [4.78, 5) is 24.0. The van der Waals surface area contributed by atoms with Crippen molar-refractivity contribution in [2.75, 3.05) is 12.3 Å². The summed E-state index contributed by atoms with van der Waals surface area (Å²) in [5.41, 5.74) is -2.09. The third kappa shape index (κ3) is 8.75. The Labute approximate surface area is 357 Å². The Morgan fingerprint density at radius 3 is 1.36 bits per heavy atom. The third-order valence-electron chi connectivity index (χ3n) is 9.35. The topological polar surface area (TPSA) is 93.4 Å². The molecule has 12 heteroatoms. The predicted octanol–water partition coefficient (Wildman–Crippen LogP) is 8.64. The fourth-order valence-corrected chi connectivity index (χ4v) is 13.1. The average Bonchev–Trinajstić information content (AvgIpc) is 3.21. The SMILES string of the molecule is CCn1c(=O)c(C(=O)C(F)(F)F)c(O)c2ccc3ccccc3c21.O=P(CCP(=O)(c1ccccc1)c1ccccc1)(c1ccccc1)c1ccccc1.[Eu]. The van der Waals surface area contributed by atoms with Crippen molar-refractivity contribution in [2.24, 2.45) is 0 Å². The number of fused-ring (bicyclic) bond motifs is 3. The number of benzene rings is 6. The van der Waals surface area contributed by atoms with E-state index in [-0.39, 0.29) is 61.3 Å². The summed E-state index contributed by atoms with van der Waals surface area (Å²) in [7, 11) is -5.87. The number of hydrogen-bond donors (Lipinski definition) is 1. The number of Topliss-reactive ketones (excluding diaryl/α,β-unsaturated/α-hetero) is 1. The number of aromatic hydroxyl groups is 1. The molecule has 0 saturated carbocycles. The van der Waals surface area contributed by atoms with Crippen molar-refractivity contribution in [3.05, 3.63) is 174 Å². The molecular weight excluding hydrogens is 881 g/mol. The predicted molar refractivity (Wildman–Crippen MR) is 213 cm³/mol. The van der Waals surface area contributed by atoms with Crippen LogP contribution in [0.3, 0.4) is 0 Å². The molecule has 0 aliphatic heterocycles. The molecule has 6 aromatic carbocycles. The van der Waals surface area contributed by atoms with Gasteiger partial charge in [0.05, 0.1) is 5.52 Å². The van der Waals surface area contributed by atoms with E-state index in [9.17, 15) is 37.0 Å². The van der Waals surface area contributed by atoms with E-state index in [1.807, 2.05) is 121 Å². The minimum Gasteiger partial charge on any atom is -0.506 e. The Balaban J connectivity index is 0.000000212. The van der Waals surface area contributed by atoms with E-state index in [0.29, 0.717) is 23.2 Å². The van der Waals surface area contributed by atoms with Gasteiger partial charge in [0.2, 0.25) is 0 Å². The van der Waals surface area contributed by atoms with Gasteiger partial charge in [-0.25, -0.2) is 0 Å². The number of pyridine rings is 1. The van der Waals surface area contributed by atoms with Crippen molar-refractivity contribution in [2.45, 2.75) is 19.6 Å². The molecule has 0 unspecified atom stereocenters. The van der Waals surface area contributed by atoms with Crippen molar-refractivity contribution in [3.63, 3.8) is 0 Å². The summed E-state index contributed by atoms with van der Waals surface area (Å²) in [6.07, 6.45) is -4.54. The molecule has 0 fully saturated rings. The Morgan fingerprint density at radius 2 is 0.982 bits per heavy atom. The molecule has 0 aliphatic carbocycles. The second-order valence-electron chi connectivity index (χ2n) is 12.6. The molecule has 0 bridgehead atoms. The first-order valence-electron chi connectivity index (χ1n) is 17.2. The van der Waals surface area contributed by atoms with E-state index >= 15 is 0 Å². The smallest absolute Gasteiger partial charge is 0.455 e. The van der Waals surface area contributed by atoms with Crippen LogP contribution in [-0.2, 0) is 15.7 Å². The van der Waals surface area contributed by atoms with E-state index in [2.05, 4.69) is 0 Å². The van der Waals surface area contributed by atoms with Gasteiger partial charge in [0, 0.05) is 100 Å². The number of nitrogens with zero attached hydrogens (tertiary/aromatic N) is 1. The summed E-state index contributed by atoms with van der Waals surface area (Å²) in [5.74, 6) is -3.28. The van der Waals surface area contributed by atoms with Gasteiger partial charge in [-0.05, 0) is 18.4 Å². The molecule has 0 spiro atoms. The third-order valence-corrected chi connectivity index (χ3v) is 15.9. The Bertz CT molecular complexity index is 2400. The van der Waals surface area contributed by atoms with E-state index in [4.69, 9.17) is 0 Å². The molecule has 1 aromatic heterocycles. The van der Waals surface area contributed by atoms with Crippen LogP contribution in [0.2, 0.25) is 0 Å². The number of halogens is 3. The second-order valence-corrected chi connectivity index (χ2v) is 18.5. The number of carbonyl (C=O) groups excluding carboxylic acids is 1. The standard InChI is InChI=1S/C26H24O2P2.C17H12F3NO3.Eu/c27-29(23-13-5-1-6-14-23,24-15-7-2-8-16-24)21-22-30(28,25-17-9-3-10-18-25)26-19-11-4-12-20-26;1-2-21-13-10-6-4-3-5-9(10)7-8-11(13)14(22)12(16(21)24)15(23)17(18,19)20;/h1-20H,21-22H2;3-8,22H,2H2,1H3;. The van der Waals surface area contributed by atoms with Crippen LogP contribution in [-0.4, -0.2) is 34.0 Å². The molecule has 7 rings (SSSR count). The summed E-state index contributed by atoms with van der Waals surface area (Å²) >= 11 is 0. The second kappa shape index (κ2) is 17.9. The van der Waals surface area contributed by atoms with Gasteiger partial charge in [-0.1, -0.05) is 152 Å². The minimum absolute atomic E-state index is 0. The maximum atomic E-state index is 14.4. The van der Waals surface area contributed by atoms with Gasteiger partial charge in [0.1, 0.15) is 25.6 Å². The van der Waals surface area contributed by atoms with Gasteiger partial charge >= 0.3 is 6.18 Å². The number of rotatable bonds is 9. The average molecular weight is 918 g/mol. The molecule has 7 aromatic rings. The zero-order valence-corrected chi connectivity index (χ0v) is 33.8. The number of hydrogen-bond acceptors (Lipinski definition) is 5. The van der Waals surface area contributed by atoms with Crippen LogP contribution >= 0.6 is 14.3 Å². The number of carbonyl (C=O) groups is 1. The number of alkyl halides is 3. The van der Waals surface area contributed by atoms with Crippen molar-refractivity contribution in [1.82, 2.24) is 4.57 Å². The molecule has 6 nitrogen and oxygen atoms in total. The monoisotopic (exact) mass is 918 g/mol. The van der Waals surface area contributed by atoms with Crippen LogP contribution in [0.25, 0.3) is 21.7 Å². The molecule has 281 valence electrons. The Kier molecular flexibility index (Phi) is 13.8. The molecule has 0 atom stereocenters. The van der Waals surface area contributed by atoms with Crippen LogP contribution in [0, 0.1) is 49.4 Å². The van der Waals surface area contributed by atoms with Crippen LogP contribution < -0.4 is 26.8 Å². The molecule has 0 aliphatic rings. The van der Waals surface area contributed by atoms with Gasteiger partial charge in [0.25, 0.3) is 11.3 Å². The van der Waals surface area contributed by atoms with Crippen LogP contribution in [0.1, 0.15) is 17.3 Å². The van der Waals surface area contributed by atoms with E-state index < -0.39 is 43.1 Å². The van der Waals surface area contributed by atoms with E-state index in [1.54, 1.807) is 37.3 Å². The molecule has 1 heterocycles. The molecular formula is C43H36EuF3NO5P2. The molecule has 0 saturated heterocycles. The summed E-state index contributed by atoms with van der Waals surface area (Å²) in [6, 6.07) is 48.4. The van der Waals surface area contributed by atoms with Gasteiger partial charge in [-0.2, -0.15) is 13.2 Å². The van der Waals surface area contributed by atoms with Crippen molar-refractivity contribution < 1.29 is 81.6 Å². The first-order valence-corrected chi connectivity index (χ1v) is 21.0. The number of aryl methyl sites for hydroxylation is 1. The van der Waals surface area contributed by atoms with Crippen LogP contribution in [0.4, 0.5) is 13.2 Å². The number of aromatic nitrogens is 1. The summed E-state index contributed by atoms with van der Waals surface area (Å²) < 4.78 is 68.2. The van der Waals surface area contributed by atoms with Gasteiger partial charge in [0.15, 0.2) is 0 Å². The van der Waals surface area contributed by atoms with Crippen molar-refractivity contribution in [3.8, 4) is 5.75 Å².